The molecule has 1 N–H and O–H groups in total. The molecule has 1 atom stereocenters. The number of aliphatic carboxylic acids is 1. The van der Waals surface area contributed by atoms with Gasteiger partial charge in [0.05, 0.1) is 21.3 Å². The van der Waals surface area contributed by atoms with Crippen LogP contribution >= 0.6 is 0 Å². The van der Waals surface area contributed by atoms with Crippen LogP contribution in [0.25, 0.3) is 0 Å². The fourth-order valence-corrected chi connectivity index (χ4v) is 2.48. The molecule has 0 saturated heterocycles. The molecular formula is C16H21NO6. The van der Waals surface area contributed by atoms with E-state index in [1.54, 1.807) is 0 Å². The van der Waals surface area contributed by atoms with E-state index < -0.39 is 12.0 Å². The number of carboxylic acid groups (broad SMARTS) is 1. The normalized spacial score (nSPS) is 14.8. The molecule has 1 unspecified atom stereocenters. The molecule has 0 spiro atoms. The van der Waals surface area contributed by atoms with Crippen LogP contribution in [0.1, 0.15) is 30.1 Å². The number of rotatable bonds is 7. The van der Waals surface area contributed by atoms with Crippen molar-refractivity contribution >= 4 is 11.9 Å². The predicted octanol–water partition coefficient (Wildman–Crippen LogP) is 1.79. The van der Waals surface area contributed by atoms with Crippen molar-refractivity contribution in [3.8, 4) is 17.2 Å². The molecule has 126 valence electrons. The van der Waals surface area contributed by atoms with Crippen molar-refractivity contribution in [2.24, 2.45) is 0 Å². The molecule has 2 rings (SSSR count). The molecule has 1 aromatic carbocycles. The van der Waals surface area contributed by atoms with Crippen LogP contribution in [0.4, 0.5) is 0 Å². The molecule has 0 radical (unpaired) electrons. The van der Waals surface area contributed by atoms with Crippen molar-refractivity contribution < 1.29 is 28.9 Å². The summed E-state index contributed by atoms with van der Waals surface area (Å²) in [6.07, 6.45) is 1.63. The van der Waals surface area contributed by atoms with Crippen LogP contribution in [0.15, 0.2) is 12.1 Å². The number of methoxy groups -OCH3 is 3. The molecule has 0 aromatic heterocycles. The Balaban J connectivity index is 2.43. The van der Waals surface area contributed by atoms with E-state index in [1.165, 1.54) is 45.3 Å². The third-order valence-electron chi connectivity index (χ3n) is 3.86. The van der Waals surface area contributed by atoms with Gasteiger partial charge in [-0.1, -0.05) is 0 Å². The van der Waals surface area contributed by atoms with Crippen molar-refractivity contribution in [1.29, 1.82) is 0 Å². The molecule has 0 aliphatic heterocycles. The molecule has 1 amide bonds. The van der Waals surface area contributed by atoms with Gasteiger partial charge < -0.3 is 24.2 Å². The lowest BCUT2D eigenvalue weighted by Crippen LogP contribution is -2.44. The lowest BCUT2D eigenvalue weighted by molar-refractivity contribution is -0.141. The standard InChI is InChI=1S/C16H21NO6/c1-9(16(19)20)17(11-5-6-11)15(18)10-7-12(21-2)14(23-4)13(8-10)22-3/h7-9,11H,5-6H2,1-4H3,(H,19,20). The van der Waals surface area contributed by atoms with E-state index in [-0.39, 0.29) is 11.9 Å². The second-order valence-corrected chi connectivity index (χ2v) is 5.37. The number of amides is 1. The number of carbonyl (C=O) groups excluding carboxylic acids is 1. The Kier molecular flexibility index (Phi) is 4.98. The molecular weight excluding hydrogens is 302 g/mol. The maximum atomic E-state index is 12.8. The number of hydrogen-bond donors (Lipinski definition) is 1. The third-order valence-corrected chi connectivity index (χ3v) is 3.86. The van der Waals surface area contributed by atoms with E-state index in [2.05, 4.69) is 0 Å². The van der Waals surface area contributed by atoms with Crippen molar-refractivity contribution in [3.05, 3.63) is 17.7 Å². The first-order valence-electron chi connectivity index (χ1n) is 7.30. The van der Waals surface area contributed by atoms with Gasteiger partial charge in [-0.3, -0.25) is 4.79 Å². The SMILES string of the molecule is COc1cc(C(=O)N(C2CC2)C(C)C(=O)O)cc(OC)c1OC. The van der Waals surface area contributed by atoms with Crippen LogP contribution < -0.4 is 14.2 Å². The van der Waals surface area contributed by atoms with Gasteiger partial charge in [-0.05, 0) is 31.9 Å². The van der Waals surface area contributed by atoms with E-state index >= 15 is 0 Å². The van der Waals surface area contributed by atoms with Gasteiger partial charge in [0.1, 0.15) is 6.04 Å². The summed E-state index contributed by atoms with van der Waals surface area (Å²) >= 11 is 0. The Hall–Kier alpha value is -2.44. The summed E-state index contributed by atoms with van der Waals surface area (Å²) in [5.41, 5.74) is 0.305. The Morgan fingerprint density at radius 3 is 2.00 bits per heavy atom. The lowest BCUT2D eigenvalue weighted by atomic mass is 10.1. The number of nitrogens with zero attached hydrogens (tertiary/aromatic N) is 1. The van der Waals surface area contributed by atoms with Crippen LogP contribution in [0.3, 0.4) is 0 Å². The van der Waals surface area contributed by atoms with Crippen LogP contribution in [0.2, 0.25) is 0 Å². The fourth-order valence-electron chi connectivity index (χ4n) is 2.48. The molecule has 1 aromatic rings. The Labute approximate surface area is 134 Å². The first-order chi connectivity index (χ1) is 10.9. The highest BCUT2D eigenvalue weighted by atomic mass is 16.5. The molecule has 1 aliphatic carbocycles. The Morgan fingerprint density at radius 1 is 1.13 bits per heavy atom. The van der Waals surface area contributed by atoms with Gasteiger partial charge in [-0.2, -0.15) is 0 Å². The summed E-state index contributed by atoms with van der Waals surface area (Å²) in [6, 6.07) is 2.14. The molecule has 1 aliphatic rings. The van der Waals surface area contributed by atoms with Gasteiger partial charge in [0.25, 0.3) is 5.91 Å². The first-order valence-corrected chi connectivity index (χ1v) is 7.30. The molecule has 23 heavy (non-hydrogen) atoms. The average molecular weight is 323 g/mol. The number of hydrogen-bond acceptors (Lipinski definition) is 5. The van der Waals surface area contributed by atoms with Crippen LogP contribution in [0, 0.1) is 0 Å². The van der Waals surface area contributed by atoms with Gasteiger partial charge >= 0.3 is 5.97 Å². The van der Waals surface area contributed by atoms with Gasteiger partial charge in [0.15, 0.2) is 11.5 Å². The molecule has 7 heteroatoms. The molecule has 0 heterocycles. The summed E-state index contributed by atoms with van der Waals surface area (Å²) in [4.78, 5) is 25.5. The highest BCUT2D eigenvalue weighted by Gasteiger charge is 2.39. The van der Waals surface area contributed by atoms with Crippen molar-refractivity contribution in [3.63, 3.8) is 0 Å². The third kappa shape index (κ3) is 3.33. The van der Waals surface area contributed by atoms with Gasteiger partial charge in [0.2, 0.25) is 5.75 Å². The van der Waals surface area contributed by atoms with Crippen LogP contribution in [-0.2, 0) is 4.79 Å². The quantitative estimate of drug-likeness (QED) is 0.823. The van der Waals surface area contributed by atoms with Crippen molar-refractivity contribution in [2.75, 3.05) is 21.3 Å². The average Bonchev–Trinajstić information content (AvgIpc) is 3.37. The Bertz CT molecular complexity index is 586. The minimum atomic E-state index is -1.03. The largest absolute Gasteiger partial charge is 0.493 e. The van der Waals surface area contributed by atoms with E-state index in [4.69, 9.17) is 14.2 Å². The maximum absolute atomic E-state index is 12.8. The zero-order valence-corrected chi connectivity index (χ0v) is 13.7. The number of carboxylic acids is 1. The first kappa shape index (κ1) is 16.9. The molecule has 1 fully saturated rings. The van der Waals surface area contributed by atoms with Crippen molar-refractivity contribution in [1.82, 2.24) is 4.90 Å². The van der Waals surface area contributed by atoms with E-state index in [1.807, 2.05) is 0 Å². The van der Waals surface area contributed by atoms with Crippen LogP contribution in [-0.4, -0.2) is 55.3 Å². The second-order valence-electron chi connectivity index (χ2n) is 5.37. The summed E-state index contributed by atoms with van der Waals surface area (Å²) in [7, 11) is 4.40. The fraction of sp³-hybridized carbons (Fsp3) is 0.500. The van der Waals surface area contributed by atoms with Gasteiger partial charge in [0, 0.05) is 11.6 Å². The van der Waals surface area contributed by atoms with E-state index in [0.717, 1.165) is 12.8 Å². The number of benzene rings is 1. The summed E-state index contributed by atoms with van der Waals surface area (Å²) in [5, 5.41) is 9.25. The smallest absolute Gasteiger partial charge is 0.326 e. The minimum Gasteiger partial charge on any atom is -0.493 e. The summed E-state index contributed by atoms with van der Waals surface area (Å²) in [6.45, 7) is 1.51. The topological polar surface area (TPSA) is 85.3 Å². The zero-order chi connectivity index (χ0) is 17.1. The van der Waals surface area contributed by atoms with Crippen LogP contribution in [0.5, 0.6) is 17.2 Å². The predicted molar refractivity (Wildman–Crippen MR) is 82.4 cm³/mol. The molecule has 0 bridgehead atoms. The summed E-state index contributed by atoms with van der Waals surface area (Å²) in [5.74, 6) is -0.294. The van der Waals surface area contributed by atoms with Crippen molar-refractivity contribution in [2.45, 2.75) is 31.8 Å². The molecule has 1 saturated carbocycles. The Morgan fingerprint density at radius 2 is 1.65 bits per heavy atom. The monoisotopic (exact) mass is 323 g/mol. The van der Waals surface area contributed by atoms with Gasteiger partial charge in [-0.15, -0.1) is 0 Å². The maximum Gasteiger partial charge on any atom is 0.326 e. The minimum absolute atomic E-state index is 0.0345. The zero-order valence-electron chi connectivity index (χ0n) is 13.7. The summed E-state index contributed by atoms with van der Waals surface area (Å²) < 4.78 is 15.7. The highest BCUT2D eigenvalue weighted by molar-refractivity contribution is 5.98. The lowest BCUT2D eigenvalue weighted by Gasteiger charge is -2.27. The highest BCUT2D eigenvalue weighted by Crippen LogP contribution is 2.39. The second kappa shape index (κ2) is 6.76. The van der Waals surface area contributed by atoms with E-state index in [9.17, 15) is 14.7 Å². The van der Waals surface area contributed by atoms with Gasteiger partial charge in [-0.25, -0.2) is 4.79 Å². The number of ether oxygens (including phenoxy) is 3. The number of carbonyl (C=O) groups is 2. The molecule has 7 nitrogen and oxygen atoms in total. The van der Waals surface area contributed by atoms with E-state index in [0.29, 0.717) is 22.8 Å².